The number of hydrogen-bond donors (Lipinski definition) is 0. The standard InChI is InChI=1S/C22H21ClN4O3/c1-15-7-9-16(10-8-15)14-26-21(29)19(20(28)25-11-2-3-12-25)24-27(22(26)30)18-6-4-5-17(23)13-18/h4-10,13H,2-3,11-12,14H2,1H3. The number of hydrogen-bond acceptors (Lipinski definition) is 4. The first-order valence-corrected chi connectivity index (χ1v) is 10.2. The molecule has 2 aromatic carbocycles. The summed E-state index contributed by atoms with van der Waals surface area (Å²) in [4.78, 5) is 40.9. The molecule has 1 amide bonds. The average Bonchev–Trinajstić information content (AvgIpc) is 3.27. The summed E-state index contributed by atoms with van der Waals surface area (Å²) >= 11 is 6.08. The van der Waals surface area contributed by atoms with Gasteiger partial charge in [0.15, 0.2) is 0 Å². The number of halogens is 1. The van der Waals surface area contributed by atoms with Crippen LogP contribution in [-0.2, 0) is 6.54 Å². The zero-order valence-corrected chi connectivity index (χ0v) is 17.3. The predicted molar refractivity (Wildman–Crippen MR) is 115 cm³/mol. The van der Waals surface area contributed by atoms with Gasteiger partial charge < -0.3 is 4.90 Å². The maximum absolute atomic E-state index is 13.2. The van der Waals surface area contributed by atoms with Gasteiger partial charge in [0.05, 0.1) is 12.2 Å². The number of nitrogens with zero attached hydrogens (tertiary/aromatic N) is 4. The highest BCUT2D eigenvalue weighted by atomic mass is 35.5. The number of benzene rings is 2. The molecule has 7 nitrogen and oxygen atoms in total. The molecule has 2 heterocycles. The van der Waals surface area contributed by atoms with E-state index in [1.54, 1.807) is 29.2 Å². The number of amides is 1. The largest absolute Gasteiger partial charge is 0.352 e. The Bertz CT molecular complexity index is 1210. The molecule has 4 rings (SSSR count). The fourth-order valence-corrected chi connectivity index (χ4v) is 3.69. The van der Waals surface area contributed by atoms with Gasteiger partial charge in [-0.2, -0.15) is 9.78 Å². The highest BCUT2D eigenvalue weighted by molar-refractivity contribution is 6.30. The molecular weight excluding hydrogens is 404 g/mol. The van der Waals surface area contributed by atoms with Crippen molar-refractivity contribution in [2.75, 3.05) is 13.1 Å². The SMILES string of the molecule is Cc1ccc(Cn2c(=O)c(C(=O)N3CCCC3)nn(-c3cccc(Cl)c3)c2=O)cc1. The van der Waals surface area contributed by atoms with E-state index in [0.29, 0.717) is 23.8 Å². The topological polar surface area (TPSA) is 77.2 Å². The molecule has 1 aromatic heterocycles. The molecule has 30 heavy (non-hydrogen) atoms. The van der Waals surface area contributed by atoms with E-state index >= 15 is 0 Å². The number of carbonyl (C=O) groups is 1. The lowest BCUT2D eigenvalue weighted by Gasteiger charge is -2.16. The van der Waals surface area contributed by atoms with E-state index in [0.717, 1.165) is 33.2 Å². The molecule has 0 spiro atoms. The first-order chi connectivity index (χ1) is 14.4. The van der Waals surface area contributed by atoms with Gasteiger partial charge in [0, 0.05) is 18.1 Å². The van der Waals surface area contributed by atoms with Gasteiger partial charge in [0.25, 0.3) is 11.5 Å². The van der Waals surface area contributed by atoms with Crippen molar-refractivity contribution in [3.63, 3.8) is 0 Å². The van der Waals surface area contributed by atoms with Gasteiger partial charge in [0.2, 0.25) is 5.69 Å². The van der Waals surface area contributed by atoms with Crippen molar-refractivity contribution >= 4 is 17.5 Å². The maximum atomic E-state index is 13.2. The minimum atomic E-state index is -0.684. The van der Waals surface area contributed by atoms with Crippen molar-refractivity contribution in [2.24, 2.45) is 0 Å². The molecule has 0 saturated carbocycles. The highest BCUT2D eigenvalue weighted by Crippen LogP contribution is 2.14. The highest BCUT2D eigenvalue weighted by Gasteiger charge is 2.26. The van der Waals surface area contributed by atoms with Crippen LogP contribution in [0.5, 0.6) is 0 Å². The van der Waals surface area contributed by atoms with E-state index in [-0.39, 0.29) is 12.2 Å². The third-order valence-corrected chi connectivity index (χ3v) is 5.40. The van der Waals surface area contributed by atoms with Crippen LogP contribution in [0.25, 0.3) is 5.69 Å². The van der Waals surface area contributed by atoms with Crippen molar-refractivity contribution in [3.05, 3.63) is 91.2 Å². The Labute approximate surface area is 178 Å². The second-order valence-corrected chi connectivity index (χ2v) is 7.84. The van der Waals surface area contributed by atoms with Gasteiger partial charge >= 0.3 is 5.69 Å². The Hall–Kier alpha value is -3.19. The van der Waals surface area contributed by atoms with Gasteiger partial charge in [0.1, 0.15) is 0 Å². The molecule has 1 aliphatic heterocycles. The Kier molecular flexibility index (Phi) is 5.55. The Morgan fingerprint density at radius 3 is 2.43 bits per heavy atom. The summed E-state index contributed by atoms with van der Waals surface area (Å²) in [5.41, 5.74) is 0.672. The molecule has 1 fully saturated rings. The zero-order chi connectivity index (χ0) is 21.3. The number of aryl methyl sites for hydroxylation is 1. The predicted octanol–water partition coefficient (Wildman–Crippen LogP) is 2.64. The molecule has 0 atom stereocenters. The summed E-state index contributed by atoms with van der Waals surface area (Å²) in [6.45, 7) is 3.16. The van der Waals surface area contributed by atoms with Gasteiger partial charge in [-0.05, 0) is 43.5 Å². The Morgan fingerprint density at radius 2 is 1.77 bits per heavy atom. The van der Waals surface area contributed by atoms with Crippen LogP contribution in [0.3, 0.4) is 0 Å². The number of likely N-dealkylation sites (tertiary alicyclic amines) is 1. The van der Waals surface area contributed by atoms with Crippen molar-refractivity contribution in [2.45, 2.75) is 26.3 Å². The first kappa shape index (κ1) is 20.1. The van der Waals surface area contributed by atoms with Crippen LogP contribution in [0.15, 0.2) is 58.1 Å². The Morgan fingerprint density at radius 1 is 1.07 bits per heavy atom. The molecule has 0 N–H and O–H groups in total. The van der Waals surface area contributed by atoms with Crippen LogP contribution in [0.4, 0.5) is 0 Å². The molecule has 1 aliphatic rings. The molecule has 154 valence electrons. The summed E-state index contributed by atoms with van der Waals surface area (Å²) in [5, 5.41) is 4.59. The number of rotatable bonds is 4. The van der Waals surface area contributed by atoms with Gasteiger partial charge in [-0.3, -0.25) is 14.2 Å². The fourth-order valence-electron chi connectivity index (χ4n) is 3.51. The van der Waals surface area contributed by atoms with E-state index < -0.39 is 17.2 Å². The third-order valence-electron chi connectivity index (χ3n) is 5.17. The smallest absolute Gasteiger partial charge is 0.337 e. The lowest BCUT2D eigenvalue weighted by atomic mass is 10.1. The van der Waals surface area contributed by atoms with Crippen molar-refractivity contribution in [1.29, 1.82) is 0 Å². The van der Waals surface area contributed by atoms with Crippen LogP contribution >= 0.6 is 11.6 Å². The lowest BCUT2D eigenvalue weighted by molar-refractivity contribution is 0.0781. The minimum absolute atomic E-state index is 0.0430. The molecular formula is C22H21ClN4O3. The Balaban J connectivity index is 1.88. The van der Waals surface area contributed by atoms with Crippen molar-refractivity contribution in [1.82, 2.24) is 19.2 Å². The van der Waals surface area contributed by atoms with Gasteiger partial charge in [-0.1, -0.05) is 47.5 Å². The summed E-state index contributed by atoms with van der Waals surface area (Å²) < 4.78 is 2.13. The second-order valence-electron chi connectivity index (χ2n) is 7.40. The summed E-state index contributed by atoms with van der Waals surface area (Å²) in [7, 11) is 0. The molecule has 3 aromatic rings. The van der Waals surface area contributed by atoms with Gasteiger partial charge in [-0.25, -0.2) is 4.79 Å². The first-order valence-electron chi connectivity index (χ1n) is 9.79. The normalized spacial score (nSPS) is 13.6. The monoisotopic (exact) mass is 424 g/mol. The van der Waals surface area contributed by atoms with Crippen LogP contribution in [0, 0.1) is 6.92 Å². The maximum Gasteiger partial charge on any atom is 0.352 e. The third kappa shape index (κ3) is 3.93. The molecule has 0 unspecified atom stereocenters. The zero-order valence-electron chi connectivity index (χ0n) is 16.5. The number of aromatic nitrogens is 3. The summed E-state index contributed by atoms with van der Waals surface area (Å²) in [5.74, 6) is -0.453. The summed E-state index contributed by atoms with van der Waals surface area (Å²) in [6.07, 6.45) is 1.77. The minimum Gasteiger partial charge on any atom is -0.337 e. The fraction of sp³-hybridized carbons (Fsp3) is 0.273. The van der Waals surface area contributed by atoms with Gasteiger partial charge in [-0.15, -0.1) is 0 Å². The van der Waals surface area contributed by atoms with E-state index in [1.165, 1.54) is 0 Å². The van der Waals surface area contributed by atoms with E-state index in [9.17, 15) is 14.4 Å². The summed E-state index contributed by atoms with van der Waals surface area (Å²) in [6, 6.07) is 14.1. The molecule has 8 heteroatoms. The van der Waals surface area contributed by atoms with E-state index in [4.69, 9.17) is 11.6 Å². The van der Waals surface area contributed by atoms with Crippen molar-refractivity contribution in [3.8, 4) is 5.69 Å². The quantitative estimate of drug-likeness (QED) is 0.645. The molecule has 0 radical (unpaired) electrons. The molecule has 0 bridgehead atoms. The van der Waals surface area contributed by atoms with Crippen LogP contribution in [0.2, 0.25) is 5.02 Å². The lowest BCUT2D eigenvalue weighted by Crippen LogP contribution is -2.46. The van der Waals surface area contributed by atoms with Crippen molar-refractivity contribution < 1.29 is 4.79 Å². The van der Waals surface area contributed by atoms with Crippen LogP contribution < -0.4 is 11.2 Å². The second kappa shape index (κ2) is 8.28. The van der Waals surface area contributed by atoms with E-state index in [2.05, 4.69) is 5.10 Å². The molecule has 0 aliphatic carbocycles. The van der Waals surface area contributed by atoms with Crippen LogP contribution in [0.1, 0.15) is 34.5 Å². The molecule has 1 saturated heterocycles. The number of carbonyl (C=O) groups excluding carboxylic acids is 1. The van der Waals surface area contributed by atoms with E-state index in [1.807, 2.05) is 31.2 Å². The van der Waals surface area contributed by atoms with Crippen LogP contribution in [-0.4, -0.2) is 38.2 Å². The average molecular weight is 425 g/mol.